The van der Waals surface area contributed by atoms with Crippen LogP contribution in [0.1, 0.15) is 11.3 Å². The Morgan fingerprint density at radius 3 is 2.65 bits per heavy atom. The van der Waals surface area contributed by atoms with Gasteiger partial charge in [-0.3, -0.25) is 4.98 Å². The van der Waals surface area contributed by atoms with Crippen LogP contribution in [-0.4, -0.2) is 4.98 Å². The van der Waals surface area contributed by atoms with Gasteiger partial charge in [-0.25, -0.2) is 0 Å². The molecule has 0 radical (unpaired) electrons. The number of pyridine rings is 1. The summed E-state index contributed by atoms with van der Waals surface area (Å²) in [5, 5.41) is 0.837. The van der Waals surface area contributed by atoms with E-state index in [1.165, 1.54) is 5.56 Å². The lowest BCUT2D eigenvalue weighted by Gasteiger charge is -2.03. The maximum absolute atomic E-state index is 6.09. The quantitative estimate of drug-likeness (QED) is 0.789. The van der Waals surface area contributed by atoms with Crippen LogP contribution in [0, 0.1) is 0 Å². The van der Waals surface area contributed by atoms with Crippen LogP contribution >= 0.6 is 39.3 Å². The van der Waals surface area contributed by atoms with Crippen molar-refractivity contribution in [1.82, 2.24) is 4.98 Å². The van der Waals surface area contributed by atoms with E-state index in [4.69, 9.17) is 11.6 Å². The van der Waals surface area contributed by atoms with Gasteiger partial charge in [-0.2, -0.15) is 11.8 Å². The molecule has 1 aromatic carbocycles. The molecule has 0 atom stereocenters. The van der Waals surface area contributed by atoms with E-state index in [0.717, 1.165) is 26.7 Å². The van der Waals surface area contributed by atoms with Crippen molar-refractivity contribution >= 4 is 39.3 Å². The van der Waals surface area contributed by atoms with Gasteiger partial charge < -0.3 is 0 Å². The number of hydrogen-bond donors (Lipinski definition) is 0. The Morgan fingerprint density at radius 1 is 1.12 bits per heavy atom. The smallest absolute Gasteiger partial charge is 0.0503 e. The highest BCUT2D eigenvalue weighted by Gasteiger charge is 2.00. The van der Waals surface area contributed by atoms with Gasteiger partial charge in [-0.05, 0) is 39.7 Å². The van der Waals surface area contributed by atoms with E-state index in [0.29, 0.717) is 0 Å². The molecule has 0 amide bonds. The molecular weight excluding hydrogens is 318 g/mol. The summed E-state index contributed by atoms with van der Waals surface area (Å²) < 4.78 is 1.01. The highest BCUT2D eigenvalue weighted by molar-refractivity contribution is 9.10. The van der Waals surface area contributed by atoms with E-state index in [9.17, 15) is 0 Å². The standard InChI is InChI=1S/C13H11BrClNS/c14-11-5-6-12(16-7-11)9-17-8-10-3-1-2-4-13(10)15/h1-7H,8-9H2. The molecule has 0 aliphatic rings. The van der Waals surface area contributed by atoms with Gasteiger partial charge in [0.25, 0.3) is 0 Å². The van der Waals surface area contributed by atoms with E-state index >= 15 is 0 Å². The zero-order valence-corrected chi connectivity index (χ0v) is 12.2. The van der Waals surface area contributed by atoms with E-state index in [2.05, 4.69) is 27.0 Å². The monoisotopic (exact) mass is 327 g/mol. The average Bonchev–Trinajstić information content (AvgIpc) is 2.34. The second kappa shape index (κ2) is 6.43. The van der Waals surface area contributed by atoms with Crippen molar-refractivity contribution in [2.45, 2.75) is 11.5 Å². The fourth-order valence-corrected chi connectivity index (χ4v) is 2.84. The molecule has 1 heterocycles. The molecule has 0 unspecified atom stereocenters. The third-order valence-electron chi connectivity index (χ3n) is 2.25. The van der Waals surface area contributed by atoms with E-state index in [1.807, 2.05) is 48.3 Å². The number of halogens is 2. The lowest BCUT2D eigenvalue weighted by molar-refractivity contribution is 1.16. The van der Waals surface area contributed by atoms with Crippen LogP contribution in [0.5, 0.6) is 0 Å². The lowest BCUT2D eigenvalue weighted by Crippen LogP contribution is -1.87. The highest BCUT2D eigenvalue weighted by Crippen LogP contribution is 2.23. The van der Waals surface area contributed by atoms with Gasteiger partial charge in [0.2, 0.25) is 0 Å². The minimum atomic E-state index is 0.837. The van der Waals surface area contributed by atoms with E-state index < -0.39 is 0 Å². The Balaban J connectivity index is 1.88. The molecule has 1 aromatic heterocycles. The molecule has 88 valence electrons. The Bertz CT molecular complexity index is 487. The van der Waals surface area contributed by atoms with Crippen molar-refractivity contribution in [1.29, 1.82) is 0 Å². The number of nitrogens with zero attached hydrogens (tertiary/aromatic N) is 1. The average molecular weight is 329 g/mol. The van der Waals surface area contributed by atoms with Crippen molar-refractivity contribution < 1.29 is 0 Å². The zero-order valence-electron chi connectivity index (χ0n) is 9.07. The van der Waals surface area contributed by atoms with Gasteiger partial charge >= 0.3 is 0 Å². The Labute approximate surface area is 119 Å². The van der Waals surface area contributed by atoms with Crippen molar-refractivity contribution in [3.05, 3.63) is 63.3 Å². The van der Waals surface area contributed by atoms with Gasteiger partial charge in [0.15, 0.2) is 0 Å². The summed E-state index contributed by atoms with van der Waals surface area (Å²) in [4.78, 5) is 4.33. The van der Waals surface area contributed by atoms with Crippen molar-refractivity contribution in [3.63, 3.8) is 0 Å². The zero-order chi connectivity index (χ0) is 12.1. The van der Waals surface area contributed by atoms with Crippen molar-refractivity contribution in [2.75, 3.05) is 0 Å². The van der Waals surface area contributed by atoms with Gasteiger partial charge in [0.1, 0.15) is 0 Å². The van der Waals surface area contributed by atoms with Gasteiger partial charge in [-0.15, -0.1) is 0 Å². The minimum Gasteiger partial charge on any atom is -0.259 e. The molecule has 0 aliphatic heterocycles. The fraction of sp³-hybridized carbons (Fsp3) is 0.154. The summed E-state index contributed by atoms with van der Waals surface area (Å²) in [5.74, 6) is 1.82. The Hall–Kier alpha value is -0.510. The summed E-state index contributed by atoms with van der Waals surface area (Å²) >= 11 is 11.3. The van der Waals surface area contributed by atoms with Gasteiger partial charge in [0.05, 0.1) is 5.69 Å². The Kier molecular flexibility index (Phi) is 4.89. The van der Waals surface area contributed by atoms with Crippen molar-refractivity contribution in [3.8, 4) is 0 Å². The normalized spacial score (nSPS) is 10.5. The van der Waals surface area contributed by atoms with Crippen LogP contribution < -0.4 is 0 Å². The van der Waals surface area contributed by atoms with Crippen LogP contribution in [0.3, 0.4) is 0 Å². The first-order valence-electron chi connectivity index (χ1n) is 5.17. The van der Waals surface area contributed by atoms with Crippen LogP contribution in [0.25, 0.3) is 0 Å². The molecule has 0 N–H and O–H groups in total. The third-order valence-corrected chi connectivity index (χ3v) is 4.11. The molecular formula is C13H11BrClNS. The number of rotatable bonds is 4. The van der Waals surface area contributed by atoms with E-state index in [-0.39, 0.29) is 0 Å². The van der Waals surface area contributed by atoms with Crippen LogP contribution in [0.4, 0.5) is 0 Å². The van der Waals surface area contributed by atoms with Gasteiger partial charge in [-0.1, -0.05) is 29.8 Å². The molecule has 2 aromatic rings. The molecule has 0 aliphatic carbocycles. The molecule has 4 heteroatoms. The molecule has 2 rings (SSSR count). The van der Waals surface area contributed by atoms with Crippen LogP contribution in [0.2, 0.25) is 5.02 Å². The minimum absolute atomic E-state index is 0.837. The highest BCUT2D eigenvalue weighted by atomic mass is 79.9. The number of aromatic nitrogens is 1. The van der Waals surface area contributed by atoms with Crippen molar-refractivity contribution in [2.24, 2.45) is 0 Å². The summed E-state index contributed by atoms with van der Waals surface area (Å²) in [7, 11) is 0. The first-order chi connectivity index (χ1) is 8.25. The predicted octanol–water partition coefficient (Wildman–Crippen LogP) is 4.93. The molecule has 1 nitrogen and oxygen atoms in total. The largest absolute Gasteiger partial charge is 0.259 e. The van der Waals surface area contributed by atoms with Crippen LogP contribution in [-0.2, 0) is 11.5 Å². The number of thioether (sulfide) groups is 1. The first kappa shape index (κ1) is 12.9. The second-order valence-electron chi connectivity index (χ2n) is 3.55. The maximum Gasteiger partial charge on any atom is 0.0503 e. The first-order valence-corrected chi connectivity index (χ1v) is 7.50. The topological polar surface area (TPSA) is 12.9 Å². The number of benzene rings is 1. The second-order valence-corrected chi connectivity index (χ2v) is 5.86. The summed E-state index contributed by atoms with van der Waals surface area (Å²) in [6.07, 6.45) is 1.82. The predicted molar refractivity (Wildman–Crippen MR) is 78.4 cm³/mol. The van der Waals surface area contributed by atoms with Crippen LogP contribution in [0.15, 0.2) is 47.1 Å². The molecule has 0 saturated carbocycles. The summed E-state index contributed by atoms with van der Waals surface area (Å²) in [5.41, 5.74) is 2.27. The lowest BCUT2D eigenvalue weighted by atomic mass is 10.2. The molecule has 0 fully saturated rings. The Morgan fingerprint density at radius 2 is 1.94 bits per heavy atom. The van der Waals surface area contributed by atoms with E-state index in [1.54, 1.807) is 0 Å². The SMILES string of the molecule is Clc1ccccc1CSCc1ccc(Br)cn1. The molecule has 0 spiro atoms. The molecule has 17 heavy (non-hydrogen) atoms. The fourth-order valence-electron chi connectivity index (χ4n) is 1.37. The summed E-state index contributed by atoms with van der Waals surface area (Å²) in [6, 6.07) is 12.0. The number of hydrogen-bond acceptors (Lipinski definition) is 2. The van der Waals surface area contributed by atoms with Gasteiger partial charge in [0, 0.05) is 27.2 Å². The molecule has 0 bridgehead atoms. The third kappa shape index (κ3) is 4.02. The maximum atomic E-state index is 6.09. The summed E-state index contributed by atoms with van der Waals surface area (Å²) in [6.45, 7) is 0. The molecule has 0 saturated heterocycles.